The molecule has 172 valence electrons. The number of alkyl halides is 3. The Morgan fingerprint density at radius 3 is 2.16 bits per heavy atom. The van der Waals surface area contributed by atoms with Crippen LogP contribution in [0.2, 0.25) is 0 Å². The number of halogens is 3. The first kappa shape index (κ1) is 23.4. The first-order valence-corrected chi connectivity index (χ1v) is 10.8. The van der Waals surface area contributed by atoms with E-state index in [4.69, 9.17) is 0 Å². The van der Waals surface area contributed by atoms with Gasteiger partial charge in [0.25, 0.3) is 0 Å². The van der Waals surface area contributed by atoms with E-state index in [1.165, 1.54) is 12.1 Å². The van der Waals surface area contributed by atoms with Crippen molar-refractivity contribution in [3.05, 3.63) is 35.4 Å². The van der Waals surface area contributed by atoms with Gasteiger partial charge in [-0.15, -0.1) is 0 Å². The number of urea groups is 1. The molecule has 31 heavy (non-hydrogen) atoms. The molecule has 2 saturated heterocycles. The van der Waals surface area contributed by atoms with Crippen molar-refractivity contribution in [3.8, 4) is 0 Å². The van der Waals surface area contributed by atoms with Crippen LogP contribution in [0.1, 0.15) is 30.4 Å². The molecule has 0 unspecified atom stereocenters. The van der Waals surface area contributed by atoms with Gasteiger partial charge in [-0.1, -0.05) is 12.1 Å². The highest BCUT2D eigenvalue weighted by atomic mass is 19.4. The summed E-state index contributed by atoms with van der Waals surface area (Å²) in [5, 5.41) is 0. The Kier molecular flexibility index (Phi) is 7.46. The summed E-state index contributed by atoms with van der Waals surface area (Å²) in [5.41, 5.74) is 0.202. The van der Waals surface area contributed by atoms with Gasteiger partial charge >= 0.3 is 12.2 Å². The number of piperidine rings is 1. The molecule has 0 atom stereocenters. The third kappa shape index (κ3) is 6.12. The molecular weight excluding hydrogens is 409 g/mol. The number of hydrogen-bond donors (Lipinski definition) is 0. The summed E-state index contributed by atoms with van der Waals surface area (Å²) in [7, 11) is 3.46. The molecule has 1 aromatic carbocycles. The van der Waals surface area contributed by atoms with E-state index in [1.54, 1.807) is 23.9 Å². The predicted octanol–water partition coefficient (Wildman–Crippen LogP) is 3.13. The Morgan fingerprint density at radius 2 is 1.58 bits per heavy atom. The Hall–Kier alpha value is -2.29. The zero-order valence-corrected chi connectivity index (χ0v) is 18.2. The number of benzene rings is 1. The lowest BCUT2D eigenvalue weighted by Crippen LogP contribution is -2.47. The lowest BCUT2D eigenvalue weighted by molar-refractivity contribution is -0.138. The van der Waals surface area contributed by atoms with E-state index in [9.17, 15) is 22.8 Å². The molecule has 2 aliphatic heterocycles. The molecule has 0 bridgehead atoms. The first-order valence-electron chi connectivity index (χ1n) is 10.8. The van der Waals surface area contributed by atoms with Gasteiger partial charge in [-0.3, -0.25) is 9.69 Å². The summed E-state index contributed by atoms with van der Waals surface area (Å²) >= 11 is 0. The van der Waals surface area contributed by atoms with Gasteiger partial charge in [-0.05, 0) is 37.0 Å². The zero-order chi connectivity index (χ0) is 22.6. The summed E-state index contributed by atoms with van der Waals surface area (Å²) < 4.78 is 38.2. The maximum atomic E-state index is 13.0. The van der Waals surface area contributed by atoms with Crippen LogP contribution in [0.15, 0.2) is 24.3 Å². The maximum Gasteiger partial charge on any atom is 0.416 e. The molecule has 2 heterocycles. The van der Waals surface area contributed by atoms with E-state index in [-0.39, 0.29) is 17.9 Å². The molecule has 3 amide bonds. The van der Waals surface area contributed by atoms with Crippen LogP contribution in [-0.4, -0.2) is 84.9 Å². The number of likely N-dealkylation sites (tertiary alicyclic amines) is 1. The number of rotatable bonds is 3. The Balaban J connectivity index is 1.48. The van der Waals surface area contributed by atoms with Gasteiger partial charge in [-0.2, -0.15) is 13.2 Å². The van der Waals surface area contributed by atoms with E-state index in [0.717, 1.165) is 30.7 Å². The van der Waals surface area contributed by atoms with Crippen molar-refractivity contribution in [1.82, 2.24) is 19.6 Å². The average Bonchev–Trinajstić information content (AvgIpc) is 2.98. The predicted molar refractivity (Wildman–Crippen MR) is 111 cm³/mol. The van der Waals surface area contributed by atoms with Gasteiger partial charge in [0.15, 0.2) is 0 Å². The van der Waals surface area contributed by atoms with E-state index in [2.05, 4.69) is 4.90 Å². The molecule has 2 aliphatic rings. The summed E-state index contributed by atoms with van der Waals surface area (Å²) in [4.78, 5) is 32.5. The van der Waals surface area contributed by atoms with Crippen molar-refractivity contribution in [1.29, 1.82) is 0 Å². The second-order valence-electron chi connectivity index (χ2n) is 8.59. The number of nitrogens with zero attached hydrogens (tertiary/aromatic N) is 4. The van der Waals surface area contributed by atoms with Crippen LogP contribution in [0.5, 0.6) is 0 Å². The van der Waals surface area contributed by atoms with Crippen LogP contribution < -0.4 is 0 Å². The van der Waals surface area contributed by atoms with Crippen molar-refractivity contribution in [3.63, 3.8) is 0 Å². The quantitative estimate of drug-likeness (QED) is 0.726. The summed E-state index contributed by atoms with van der Waals surface area (Å²) in [6.07, 6.45) is -2.11. The number of amides is 3. The second kappa shape index (κ2) is 9.89. The van der Waals surface area contributed by atoms with Gasteiger partial charge in [0.1, 0.15) is 0 Å². The number of carbonyl (C=O) groups is 2. The molecule has 0 radical (unpaired) electrons. The van der Waals surface area contributed by atoms with Crippen LogP contribution in [0.4, 0.5) is 18.0 Å². The molecule has 0 N–H and O–H groups in total. The van der Waals surface area contributed by atoms with Crippen LogP contribution in [0.25, 0.3) is 0 Å². The topological polar surface area (TPSA) is 47.1 Å². The molecule has 2 fully saturated rings. The maximum absolute atomic E-state index is 13.0. The smallest absolute Gasteiger partial charge is 0.341 e. The molecule has 0 spiro atoms. The van der Waals surface area contributed by atoms with E-state index in [0.29, 0.717) is 52.1 Å². The number of carbonyl (C=O) groups excluding carboxylic acids is 2. The lowest BCUT2D eigenvalue weighted by Gasteiger charge is -2.35. The van der Waals surface area contributed by atoms with Crippen LogP contribution in [0.3, 0.4) is 0 Å². The highest BCUT2D eigenvalue weighted by molar-refractivity contribution is 5.80. The van der Waals surface area contributed by atoms with Gasteiger partial charge in [0.2, 0.25) is 5.91 Å². The van der Waals surface area contributed by atoms with Crippen LogP contribution >= 0.6 is 0 Å². The van der Waals surface area contributed by atoms with Crippen molar-refractivity contribution in [2.75, 3.05) is 53.4 Å². The van der Waals surface area contributed by atoms with E-state index >= 15 is 0 Å². The van der Waals surface area contributed by atoms with Crippen molar-refractivity contribution in [2.45, 2.75) is 32.0 Å². The molecule has 9 heteroatoms. The molecular formula is C22H31F3N4O2. The molecule has 0 saturated carbocycles. The van der Waals surface area contributed by atoms with Crippen LogP contribution in [-0.2, 0) is 17.5 Å². The normalized spacial score (nSPS) is 19.3. The van der Waals surface area contributed by atoms with Gasteiger partial charge in [0, 0.05) is 65.8 Å². The minimum Gasteiger partial charge on any atom is -0.341 e. The average molecular weight is 441 g/mol. The fraction of sp³-hybridized carbons (Fsp3) is 0.636. The molecule has 6 nitrogen and oxygen atoms in total. The lowest BCUT2D eigenvalue weighted by atomic mass is 9.95. The molecule has 1 aromatic rings. The Bertz CT molecular complexity index is 759. The first-order chi connectivity index (χ1) is 14.6. The Labute approximate surface area is 181 Å². The number of hydrogen-bond acceptors (Lipinski definition) is 3. The second-order valence-corrected chi connectivity index (χ2v) is 8.59. The monoisotopic (exact) mass is 440 g/mol. The van der Waals surface area contributed by atoms with Crippen molar-refractivity contribution < 1.29 is 22.8 Å². The Morgan fingerprint density at radius 1 is 0.935 bits per heavy atom. The van der Waals surface area contributed by atoms with Crippen molar-refractivity contribution >= 4 is 11.9 Å². The largest absolute Gasteiger partial charge is 0.416 e. The van der Waals surface area contributed by atoms with Crippen molar-refractivity contribution in [2.24, 2.45) is 5.92 Å². The van der Waals surface area contributed by atoms with Gasteiger partial charge in [0.05, 0.1) is 5.56 Å². The fourth-order valence-electron chi connectivity index (χ4n) is 4.27. The van der Waals surface area contributed by atoms with E-state index in [1.807, 2.05) is 4.90 Å². The molecule has 3 rings (SSSR count). The highest BCUT2D eigenvalue weighted by Gasteiger charge is 2.32. The highest BCUT2D eigenvalue weighted by Crippen LogP contribution is 2.29. The molecule has 0 aliphatic carbocycles. The van der Waals surface area contributed by atoms with Crippen LogP contribution in [0, 0.1) is 5.92 Å². The molecule has 0 aromatic heterocycles. The SMILES string of the molecule is CN(C)C(=O)N1CCC(C(=O)N2CCCN(Cc3ccc(C(F)(F)F)cc3)CC2)CC1. The summed E-state index contributed by atoms with van der Waals surface area (Å²) in [6, 6.07) is 5.28. The summed E-state index contributed by atoms with van der Waals surface area (Å²) in [6.45, 7) is 4.59. The van der Waals surface area contributed by atoms with Gasteiger partial charge < -0.3 is 14.7 Å². The van der Waals surface area contributed by atoms with Gasteiger partial charge in [-0.25, -0.2) is 4.79 Å². The van der Waals surface area contributed by atoms with E-state index < -0.39 is 11.7 Å². The fourth-order valence-corrected chi connectivity index (χ4v) is 4.27. The summed E-state index contributed by atoms with van der Waals surface area (Å²) in [5.74, 6) is 0.112. The third-order valence-electron chi connectivity index (χ3n) is 6.08. The third-order valence-corrected chi connectivity index (χ3v) is 6.08. The zero-order valence-electron chi connectivity index (χ0n) is 18.2. The minimum atomic E-state index is -4.32. The minimum absolute atomic E-state index is 0.0143. The standard InChI is InChI=1S/C22H31F3N4O2/c1-26(2)21(31)29-12-8-18(9-13-29)20(30)28-11-3-10-27(14-15-28)16-17-4-6-19(7-5-17)22(23,24)25/h4-7,18H,3,8-16H2,1-2H3.